The van der Waals surface area contributed by atoms with Crippen LogP contribution in [0.15, 0.2) is 30.3 Å². The van der Waals surface area contributed by atoms with Crippen molar-refractivity contribution in [1.82, 2.24) is 10.2 Å². The highest BCUT2D eigenvalue weighted by molar-refractivity contribution is 5.91. The molecule has 4 heteroatoms. The highest BCUT2D eigenvalue weighted by atomic mass is 35.5. The molecule has 1 saturated heterocycles. The average Bonchev–Trinajstić information content (AvgIpc) is 3.30. The van der Waals surface area contributed by atoms with Crippen LogP contribution in [-0.2, 0) is 10.2 Å². The molecule has 3 rings (SSSR count). The number of amides is 1. The van der Waals surface area contributed by atoms with Crippen molar-refractivity contribution in [3.05, 3.63) is 35.9 Å². The Bertz CT molecular complexity index is 471. The van der Waals surface area contributed by atoms with Crippen LogP contribution >= 0.6 is 12.4 Å². The molecule has 116 valence electrons. The number of rotatable bonds is 4. The van der Waals surface area contributed by atoms with Gasteiger partial charge in [0.05, 0.1) is 5.41 Å². The first-order chi connectivity index (χ1) is 9.76. The van der Waals surface area contributed by atoms with E-state index in [0.717, 1.165) is 38.9 Å². The molecule has 1 N–H and O–H groups in total. The maximum Gasteiger partial charge on any atom is 0.233 e. The standard InChI is InChI=1S/C17H24N2O.ClH/c1-18-12-14-6-5-11-19(13-14)16(20)17(9-10-17)15-7-3-2-4-8-15;/h2-4,7-8,14,18H,5-6,9-13H2,1H3;1H. The van der Waals surface area contributed by atoms with E-state index >= 15 is 0 Å². The Kier molecular flexibility index (Phi) is 5.28. The zero-order chi connectivity index (χ0) is 14.0. The molecule has 1 aromatic rings. The van der Waals surface area contributed by atoms with Gasteiger partial charge in [-0.15, -0.1) is 12.4 Å². The second kappa shape index (κ2) is 6.80. The number of carbonyl (C=O) groups is 1. The van der Waals surface area contributed by atoms with Crippen LogP contribution in [0.1, 0.15) is 31.2 Å². The molecule has 1 aliphatic carbocycles. The Morgan fingerprint density at radius 2 is 2.05 bits per heavy atom. The van der Waals surface area contributed by atoms with Crippen molar-refractivity contribution >= 4 is 18.3 Å². The summed E-state index contributed by atoms with van der Waals surface area (Å²) in [5.74, 6) is 0.980. The van der Waals surface area contributed by atoms with Crippen molar-refractivity contribution in [2.45, 2.75) is 31.1 Å². The van der Waals surface area contributed by atoms with Gasteiger partial charge in [-0.1, -0.05) is 30.3 Å². The first-order valence-corrected chi connectivity index (χ1v) is 7.76. The van der Waals surface area contributed by atoms with E-state index in [1.807, 2.05) is 25.2 Å². The van der Waals surface area contributed by atoms with Crippen molar-refractivity contribution in [2.24, 2.45) is 5.92 Å². The number of benzene rings is 1. The molecule has 2 fully saturated rings. The molecule has 3 nitrogen and oxygen atoms in total. The summed E-state index contributed by atoms with van der Waals surface area (Å²) in [6, 6.07) is 10.3. The number of hydrogen-bond donors (Lipinski definition) is 1. The van der Waals surface area contributed by atoms with Crippen LogP contribution in [0, 0.1) is 5.92 Å². The SMILES string of the molecule is CNCC1CCCN(C(=O)C2(c3ccccc3)CC2)C1.Cl. The Morgan fingerprint density at radius 1 is 1.33 bits per heavy atom. The lowest BCUT2D eigenvalue weighted by Crippen LogP contribution is -2.46. The molecule has 21 heavy (non-hydrogen) atoms. The van der Waals surface area contributed by atoms with Crippen molar-refractivity contribution in [3.63, 3.8) is 0 Å². The van der Waals surface area contributed by atoms with E-state index in [1.54, 1.807) is 0 Å². The van der Waals surface area contributed by atoms with Gasteiger partial charge in [-0.3, -0.25) is 4.79 Å². The van der Waals surface area contributed by atoms with Crippen LogP contribution in [0.4, 0.5) is 0 Å². The van der Waals surface area contributed by atoms with Gasteiger partial charge in [-0.25, -0.2) is 0 Å². The lowest BCUT2D eigenvalue weighted by atomic mass is 9.91. The summed E-state index contributed by atoms with van der Waals surface area (Å²) < 4.78 is 0. The number of halogens is 1. The fourth-order valence-electron chi connectivity index (χ4n) is 3.52. The second-order valence-corrected chi connectivity index (χ2v) is 6.27. The van der Waals surface area contributed by atoms with Crippen LogP contribution in [-0.4, -0.2) is 37.5 Å². The fourth-order valence-corrected chi connectivity index (χ4v) is 3.52. The summed E-state index contributed by atoms with van der Waals surface area (Å²) >= 11 is 0. The quantitative estimate of drug-likeness (QED) is 0.927. The topological polar surface area (TPSA) is 32.3 Å². The minimum Gasteiger partial charge on any atom is -0.342 e. The molecule has 1 atom stereocenters. The second-order valence-electron chi connectivity index (χ2n) is 6.27. The lowest BCUT2D eigenvalue weighted by molar-refractivity contribution is -0.135. The van der Waals surface area contributed by atoms with E-state index in [-0.39, 0.29) is 17.8 Å². The number of nitrogens with one attached hydrogen (secondary N) is 1. The van der Waals surface area contributed by atoms with Crippen LogP contribution in [0.25, 0.3) is 0 Å². The molecule has 1 heterocycles. The van der Waals surface area contributed by atoms with Crippen molar-refractivity contribution in [2.75, 3.05) is 26.7 Å². The molecule has 1 amide bonds. The fraction of sp³-hybridized carbons (Fsp3) is 0.588. The highest BCUT2D eigenvalue weighted by Gasteiger charge is 2.53. The van der Waals surface area contributed by atoms with E-state index in [2.05, 4.69) is 22.3 Å². The van der Waals surface area contributed by atoms with Gasteiger partial charge in [-0.05, 0) is 50.8 Å². The molecular weight excluding hydrogens is 284 g/mol. The number of carbonyl (C=O) groups excluding carboxylic acids is 1. The van der Waals surface area contributed by atoms with E-state index in [0.29, 0.717) is 11.8 Å². The zero-order valence-corrected chi connectivity index (χ0v) is 13.5. The summed E-state index contributed by atoms with van der Waals surface area (Å²) in [5, 5.41) is 3.24. The smallest absolute Gasteiger partial charge is 0.233 e. The van der Waals surface area contributed by atoms with Gasteiger partial charge in [0.15, 0.2) is 0 Å². The summed E-state index contributed by atoms with van der Waals surface area (Å²) in [6.45, 7) is 2.88. The number of nitrogens with zero attached hydrogens (tertiary/aromatic N) is 1. The maximum atomic E-state index is 12.9. The summed E-state index contributed by atoms with van der Waals surface area (Å²) in [6.07, 6.45) is 4.41. The normalized spacial score (nSPS) is 23.3. The van der Waals surface area contributed by atoms with Crippen molar-refractivity contribution in [1.29, 1.82) is 0 Å². The number of hydrogen-bond acceptors (Lipinski definition) is 2. The summed E-state index contributed by atoms with van der Waals surface area (Å²) in [4.78, 5) is 15.1. The first-order valence-electron chi connectivity index (χ1n) is 7.76. The molecular formula is C17H25ClN2O. The molecule has 1 unspecified atom stereocenters. The van der Waals surface area contributed by atoms with Gasteiger partial charge < -0.3 is 10.2 Å². The predicted octanol–water partition coefficient (Wildman–Crippen LogP) is 2.60. The molecule has 2 aliphatic rings. The largest absolute Gasteiger partial charge is 0.342 e. The number of likely N-dealkylation sites (tertiary alicyclic amines) is 1. The molecule has 0 bridgehead atoms. The van der Waals surface area contributed by atoms with E-state index in [1.165, 1.54) is 12.0 Å². The van der Waals surface area contributed by atoms with Gasteiger partial charge in [-0.2, -0.15) is 0 Å². The molecule has 1 aliphatic heterocycles. The van der Waals surface area contributed by atoms with Crippen LogP contribution in [0.2, 0.25) is 0 Å². The zero-order valence-electron chi connectivity index (χ0n) is 12.7. The third-order valence-electron chi connectivity index (χ3n) is 4.78. The first kappa shape index (κ1) is 16.3. The molecule has 1 aromatic carbocycles. The van der Waals surface area contributed by atoms with Crippen molar-refractivity contribution in [3.8, 4) is 0 Å². The van der Waals surface area contributed by atoms with E-state index in [4.69, 9.17) is 0 Å². The molecule has 0 spiro atoms. The maximum absolute atomic E-state index is 12.9. The third kappa shape index (κ3) is 3.24. The third-order valence-corrected chi connectivity index (χ3v) is 4.78. The van der Waals surface area contributed by atoms with Crippen molar-refractivity contribution < 1.29 is 4.79 Å². The van der Waals surface area contributed by atoms with Gasteiger partial charge in [0.1, 0.15) is 0 Å². The van der Waals surface area contributed by atoms with Gasteiger partial charge >= 0.3 is 0 Å². The van der Waals surface area contributed by atoms with Crippen LogP contribution in [0.3, 0.4) is 0 Å². The molecule has 0 radical (unpaired) electrons. The summed E-state index contributed by atoms with van der Waals surface area (Å²) in [5.41, 5.74) is 1.02. The molecule has 0 aromatic heterocycles. The summed E-state index contributed by atoms with van der Waals surface area (Å²) in [7, 11) is 1.99. The van der Waals surface area contributed by atoms with E-state index in [9.17, 15) is 4.79 Å². The van der Waals surface area contributed by atoms with Crippen LogP contribution < -0.4 is 5.32 Å². The Labute approximate surface area is 133 Å². The Hall–Kier alpha value is -1.06. The monoisotopic (exact) mass is 308 g/mol. The lowest BCUT2D eigenvalue weighted by Gasteiger charge is -2.35. The highest BCUT2D eigenvalue weighted by Crippen LogP contribution is 2.49. The number of piperidine rings is 1. The average molecular weight is 309 g/mol. The minimum absolute atomic E-state index is 0. The van der Waals surface area contributed by atoms with E-state index < -0.39 is 0 Å². The Morgan fingerprint density at radius 3 is 2.67 bits per heavy atom. The van der Waals surface area contributed by atoms with Gasteiger partial charge in [0.25, 0.3) is 0 Å². The van der Waals surface area contributed by atoms with Gasteiger partial charge in [0.2, 0.25) is 5.91 Å². The van der Waals surface area contributed by atoms with Crippen LogP contribution in [0.5, 0.6) is 0 Å². The molecule has 1 saturated carbocycles. The van der Waals surface area contributed by atoms with Gasteiger partial charge in [0, 0.05) is 13.1 Å². The predicted molar refractivity (Wildman–Crippen MR) is 87.8 cm³/mol. The minimum atomic E-state index is -0.192. The Balaban J connectivity index is 0.00000161.